The number of methoxy groups -OCH3 is 2. The molecule has 1 rings (SSSR count). The highest BCUT2D eigenvalue weighted by molar-refractivity contribution is 5.42. The molecule has 0 radical (unpaired) electrons. The first-order valence-corrected chi connectivity index (χ1v) is 7.07. The lowest BCUT2D eigenvalue weighted by atomic mass is 10.1. The number of hydrogen-bond acceptors (Lipinski definition) is 4. The predicted molar refractivity (Wildman–Crippen MR) is 83.7 cm³/mol. The molecule has 0 aliphatic heterocycles. The summed E-state index contributed by atoms with van der Waals surface area (Å²) in [7, 11) is 3.35. The number of hydrogen-bond donors (Lipinski definition) is 2. The third-order valence-electron chi connectivity index (χ3n) is 3.14. The zero-order valence-electron chi connectivity index (χ0n) is 13.5. The molecule has 2 N–H and O–H groups in total. The van der Waals surface area contributed by atoms with Crippen molar-refractivity contribution in [1.29, 1.82) is 0 Å². The Morgan fingerprint density at radius 2 is 1.80 bits per heavy atom. The summed E-state index contributed by atoms with van der Waals surface area (Å²) in [6.07, 6.45) is 0. The first kappa shape index (κ1) is 16.8. The second-order valence-corrected chi connectivity index (χ2v) is 5.96. The molecule has 4 nitrogen and oxygen atoms in total. The van der Waals surface area contributed by atoms with E-state index >= 15 is 0 Å². The van der Waals surface area contributed by atoms with E-state index in [0.717, 1.165) is 30.2 Å². The van der Waals surface area contributed by atoms with Gasteiger partial charge in [-0.1, -0.05) is 6.07 Å². The van der Waals surface area contributed by atoms with Gasteiger partial charge in [0, 0.05) is 36.3 Å². The van der Waals surface area contributed by atoms with Gasteiger partial charge in [-0.15, -0.1) is 0 Å². The first-order valence-electron chi connectivity index (χ1n) is 7.07. The molecular weight excluding hydrogens is 252 g/mol. The average Bonchev–Trinajstić information content (AvgIpc) is 2.41. The molecule has 1 aromatic rings. The summed E-state index contributed by atoms with van der Waals surface area (Å²) >= 11 is 0. The van der Waals surface area contributed by atoms with Gasteiger partial charge in [0.25, 0.3) is 0 Å². The minimum absolute atomic E-state index is 0.155. The van der Waals surface area contributed by atoms with Gasteiger partial charge in [0.2, 0.25) is 0 Å². The molecule has 114 valence electrons. The molecular formula is C16H28N2O2. The van der Waals surface area contributed by atoms with Crippen molar-refractivity contribution in [2.24, 2.45) is 0 Å². The van der Waals surface area contributed by atoms with E-state index in [9.17, 15) is 0 Å². The van der Waals surface area contributed by atoms with Crippen molar-refractivity contribution < 1.29 is 9.47 Å². The van der Waals surface area contributed by atoms with Gasteiger partial charge in [-0.05, 0) is 33.8 Å². The molecule has 0 aromatic heterocycles. The fraction of sp³-hybridized carbons (Fsp3) is 0.625. The van der Waals surface area contributed by atoms with Crippen LogP contribution in [0, 0.1) is 0 Å². The zero-order valence-corrected chi connectivity index (χ0v) is 13.5. The molecule has 0 aliphatic carbocycles. The Hall–Kier alpha value is -1.26. The Kier molecular flexibility index (Phi) is 6.30. The second kappa shape index (κ2) is 7.50. The van der Waals surface area contributed by atoms with Crippen LogP contribution in [0.1, 0.15) is 39.3 Å². The molecule has 0 aliphatic rings. The molecule has 0 amide bonds. The summed E-state index contributed by atoms with van der Waals surface area (Å²) in [6.45, 7) is 10.5. The van der Waals surface area contributed by atoms with E-state index in [-0.39, 0.29) is 11.6 Å². The molecule has 20 heavy (non-hydrogen) atoms. The molecule has 1 unspecified atom stereocenters. The van der Waals surface area contributed by atoms with Crippen molar-refractivity contribution >= 4 is 0 Å². The minimum atomic E-state index is 0.155. The molecule has 1 atom stereocenters. The van der Waals surface area contributed by atoms with E-state index in [1.807, 2.05) is 18.2 Å². The molecule has 0 saturated heterocycles. The summed E-state index contributed by atoms with van der Waals surface area (Å²) in [5.41, 5.74) is 1.30. The molecule has 0 saturated carbocycles. The number of rotatable bonds is 7. The van der Waals surface area contributed by atoms with Crippen LogP contribution in [0.4, 0.5) is 0 Å². The van der Waals surface area contributed by atoms with Gasteiger partial charge >= 0.3 is 0 Å². The summed E-state index contributed by atoms with van der Waals surface area (Å²) in [6, 6.07) is 6.16. The van der Waals surface area contributed by atoms with E-state index in [4.69, 9.17) is 9.47 Å². The van der Waals surface area contributed by atoms with Gasteiger partial charge in [-0.2, -0.15) is 0 Å². The molecule has 0 bridgehead atoms. The van der Waals surface area contributed by atoms with Crippen LogP contribution in [0.3, 0.4) is 0 Å². The van der Waals surface area contributed by atoms with Crippen molar-refractivity contribution in [2.45, 2.75) is 39.3 Å². The number of benzene rings is 1. The Balaban J connectivity index is 2.56. The second-order valence-electron chi connectivity index (χ2n) is 5.96. The van der Waals surface area contributed by atoms with Crippen molar-refractivity contribution in [2.75, 3.05) is 27.3 Å². The Labute approximate surface area is 122 Å². The molecule has 0 heterocycles. The van der Waals surface area contributed by atoms with E-state index in [1.165, 1.54) is 0 Å². The van der Waals surface area contributed by atoms with Gasteiger partial charge in [0.05, 0.1) is 14.2 Å². The molecule has 0 spiro atoms. The third kappa shape index (κ3) is 5.39. The van der Waals surface area contributed by atoms with Crippen LogP contribution in [0.15, 0.2) is 18.2 Å². The van der Waals surface area contributed by atoms with Gasteiger partial charge in [0.1, 0.15) is 11.5 Å². The van der Waals surface area contributed by atoms with Gasteiger partial charge < -0.3 is 20.1 Å². The molecule has 4 heteroatoms. The lowest BCUT2D eigenvalue weighted by Gasteiger charge is -2.22. The van der Waals surface area contributed by atoms with Crippen LogP contribution in [-0.4, -0.2) is 32.8 Å². The maximum Gasteiger partial charge on any atom is 0.127 e. The van der Waals surface area contributed by atoms with E-state index < -0.39 is 0 Å². The first-order chi connectivity index (χ1) is 9.37. The Bertz CT molecular complexity index is 413. The fourth-order valence-electron chi connectivity index (χ4n) is 2.01. The minimum Gasteiger partial charge on any atom is -0.497 e. The maximum atomic E-state index is 5.43. The van der Waals surface area contributed by atoms with E-state index in [2.05, 4.69) is 38.3 Å². The average molecular weight is 280 g/mol. The third-order valence-corrected chi connectivity index (χ3v) is 3.14. The maximum absolute atomic E-state index is 5.43. The topological polar surface area (TPSA) is 42.5 Å². The number of nitrogens with one attached hydrogen (secondary N) is 2. The predicted octanol–water partition coefficient (Wildman–Crippen LogP) is 2.74. The van der Waals surface area contributed by atoms with E-state index in [1.54, 1.807) is 14.2 Å². The fourth-order valence-corrected chi connectivity index (χ4v) is 2.01. The highest BCUT2D eigenvalue weighted by atomic mass is 16.5. The summed E-state index contributed by atoms with van der Waals surface area (Å²) < 4.78 is 10.7. The van der Waals surface area contributed by atoms with Crippen molar-refractivity contribution in [3.63, 3.8) is 0 Å². The molecule has 1 aromatic carbocycles. The monoisotopic (exact) mass is 280 g/mol. The van der Waals surface area contributed by atoms with Gasteiger partial charge in [0.15, 0.2) is 0 Å². The lowest BCUT2D eigenvalue weighted by molar-refractivity contribution is 0.383. The quantitative estimate of drug-likeness (QED) is 0.754. The van der Waals surface area contributed by atoms with Gasteiger partial charge in [-0.3, -0.25) is 0 Å². The van der Waals surface area contributed by atoms with Crippen LogP contribution < -0.4 is 20.1 Å². The standard InChI is InChI=1S/C16H28N2O2/c1-12(17-9-10-18-16(2,3)4)14-8-7-13(19-5)11-15(14)20-6/h7-8,11-12,17-18H,9-10H2,1-6H3. The largest absolute Gasteiger partial charge is 0.497 e. The van der Waals surface area contributed by atoms with Crippen molar-refractivity contribution in [3.8, 4) is 11.5 Å². The van der Waals surface area contributed by atoms with Crippen LogP contribution in [0.5, 0.6) is 11.5 Å². The summed E-state index contributed by atoms with van der Waals surface area (Å²) in [5.74, 6) is 1.67. The Morgan fingerprint density at radius 3 is 2.35 bits per heavy atom. The highest BCUT2D eigenvalue weighted by Crippen LogP contribution is 2.29. The summed E-state index contributed by atoms with van der Waals surface area (Å²) in [5, 5.41) is 6.96. The Morgan fingerprint density at radius 1 is 1.10 bits per heavy atom. The smallest absolute Gasteiger partial charge is 0.127 e. The SMILES string of the molecule is COc1ccc(C(C)NCCNC(C)(C)C)c(OC)c1. The van der Waals surface area contributed by atoms with Crippen molar-refractivity contribution in [3.05, 3.63) is 23.8 Å². The lowest BCUT2D eigenvalue weighted by Crippen LogP contribution is -2.40. The zero-order chi connectivity index (χ0) is 15.2. The highest BCUT2D eigenvalue weighted by Gasteiger charge is 2.12. The van der Waals surface area contributed by atoms with Gasteiger partial charge in [-0.25, -0.2) is 0 Å². The van der Waals surface area contributed by atoms with Crippen LogP contribution in [0.25, 0.3) is 0 Å². The van der Waals surface area contributed by atoms with E-state index in [0.29, 0.717) is 0 Å². The molecule has 0 fully saturated rings. The number of ether oxygens (including phenoxy) is 2. The van der Waals surface area contributed by atoms with Crippen LogP contribution in [-0.2, 0) is 0 Å². The normalized spacial score (nSPS) is 13.1. The van der Waals surface area contributed by atoms with Crippen LogP contribution in [0.2, 0.25) is 0 Å². The van der Waals surface area contributed by atoms with Crippen molar-refractivity contribution in [1.82, 2.24) is 10.6 Å². The summed E-state index contributed by atoms with van der Waals surface area (Å²) in [4.78, 5) is 0. The van der Waals surface area contributed by atoms with Crippen LogP contribution >= 0.6 is 0 Å².